The largest absolute Gasteiger partial charge is 0.372 e. The Bertz CT molecular complexity index is 446. The van der Waals surface area contributed by atoms with Crippen molar-refractivity contribution in [2.45, 2.75) is 26.7 Å². The van der Waals surface area contributed by atoms with Gasteiger partial charge in [-0.25, -0.2) is 0 Å². The highest BCUT2D eigenvalue weighted by Crippen LogP contribution is 2.14. The molecule has 2 N–H and O–H groups in total. The monoisotopic (exact) mass is 278 g/mol. The predicted octanol–water partition coefficient (Wildman–Crippen LogP) is 2.19. The van der Waals surface area contributed by atoms with Crippen molar-refractivity contribution in [3.8, 4) is 0 Å². The molecule has 1 aromatic carbocycles. The predicted molar refractivity (Wildman–Crippen MR) is 78.8 cm³/mol. The minimum Gasteiger partial charge on any atom is -0.372 e. The summed E-state index contributed by atoms with van der Waals surface area (Å²) in [4.78, 5) is 23.7. The number of hydrogen-bond donors (Lipinski definition) is 2. The third kappa shape index (κ3) is 5.40. The Morgan fingerprint density at radius 3 is 2.65 bits per heavy atom. The molecule has 0 aromatic heterocycles. The number of benzene rings is 1. The van der Waals surface area contributed by atoms with Crippen molar-refractivity contribution in [1.29, 1.82) is 0 Å². The number of carbonyl (C=O) groups is 2. The van der Waals surface area contributed by atoms with Crippen LogP contribution in [0.5, 0.6) is 0 Å². The number of rotatable bonds is 8. The van der Waals surface area contributed by atoms with Gasteiger partial charge in [0.15, 0.2) is 0 Å². The summed E-state index contributed by atoms with van der Waals surface area (Å²) >= 11 is 0. The molecule has 0 saturated heterocycles. The Balaban J connectivity index is 2.67. The van der Waals surface area contributed by atoms with Gasteiger partial charge in [0.25, 0.3) is 5.91 Å². The van der Waals surface area contributed by atoms with Crippen LogP contribution in [-0.4, -0.2) is 31.6 Å². The zero-order valence-electron chi connectivity index (χ0n) is 12.1. The maximum absolute atomic E-state index is 12.0. The van der Waals surface area contributed by atoms with E-state index >= 15 is 0 Å². The zero-order chi connectivity index (χ0) is 14.8. The van der Waals surface area contributed by atoms with Crippen LogP contribution < -0.4 is 10.6 Å². The maximum atomic E-state index is 12.0. The Hall–Kier alpha value is -1.88. The van der Waals surface area contributed by atoms with Gasteiger partial charge in [0.05, 0.1) is 11.3 Å². The van der Waals surface area contributed by atoms with Crippen molar-refractivity contribution in [1.82, 2.24) is 5.32 Å². The van der Waals surface area contributed by atoms with E-state index in [9.17, 15) is 9.59 Å². The van der Waals surface area contributed by atoms with Gasteiger partial charge in [-0.3, -0.25) is 9.59 Å². The molecule has 20 heavy (non-hydrogen) atoms. The fourth-order valence-electron chi connectivity index (χ4n) is 1.65. The summed E-state index contributed by atoms with van der Waals surface area (Å²) in [7, 11) is 0. The van der Waals surface area contributed by atoms with E-state index in [-0.39, 0.29) is 18.4 Å². The summed E-state index contributed by atoms with van der Waals surface area (Å²) < 4.78 is 5.03. The number of para-hydroxylation sites is 1. The van der Waals surface area contributed by atoms with E-state index < -0.39 is 0 Å². The van der Waals surface area contributed by atoms with Crippen molar-refractivity contribution in [3.05, 3.63) is 29.8 Å². The van der Waals surface area contributed by atoms with E-state index in [2.05, 4.69) is 17.6 Å². The van der Waals surface area contributed by atoms with Gasteiger partial charge in [-0.1, -0.05) is 25.5 Å². The number of carbonyl (C=O) groups excluding carboxylic acids is 2. The Morgan fingerprint density at radius 1 is 1.20 bits per heavy atom. The van der Waals surface area contributed by atoms with Gasteiger partial charge >= 0.3 is 0 Å². The summed E-state index contributed by atoms with van der Waals surface area (Å²) in [5.74, 6) is -0.439. The molecule has 0 aliphatic rings. The molecule has 1 rings (SSSR count). The Morgan fingerprint density at radius 2 is 1.95 bits per heavy atom. The number of nitrogens with one attached hydrogen (secondary N) is 2. The molecule has 0 unspecified atom stereocenters. The van der Waals surface area contributed by atoms with Crippen LogP contribution in [0.1, 0.15) is 37.0 Å². The van der Waals surface area contributed by atoms with Crippen LogP contribution in [0.2, 0.25) is 0 Å². The van der Waals surface area contributed by atoms with Gasteiger partial charge in [0.2, 0.25) is 5.91 Å². The minimum atomic E-state index is -0.263. The van der Waals surface area contributed by atoms with Crippen molar-refractivity contribution in [2.24, 2.45) is 0 Å². The second kappa shape index (κ2) is 9.09. The second-order valence-corrected chi connectivity index (χ2v) is 4.34. The number of ether oxygens (including phenoxy) is 1. The molecule has 2 amide bonds. The molecule has 0 radical (unpaired) electrons. The first kappa shape index (κ1) is 16.2. The molecule has 110 valence electrons. The van der Waals surface area contributed by atoms with Crippen LogP contribution in [-0.2, 0) is 9.53 Å². The molecule has 0 atom stereocenters. The van der Waals surface area contributed by atoms with E-state index in [0.717, 1.165) is 12.8 Å². The van der Waals surface area contributed by atoms with E-state index in [1.807, 2.05) is 6.92 Å². The van der Waals surface area contributed by atoms with E-state index in [1.165, 1.54) is 0 Å². The van der Waals surface area contributed by atoms with E-state index in [4.69, 9.17) is 4.74 Å². The lowest BCUT2D eigenvalue weighted by molar-refractivity contribution is -0.120. The lowest BCUT2D eigenvalue weighted by Crippen LogP contribution is -2.26. The minimum absolute atomic E-state index is 0.0116. The molecular weight excluding hydrogens is 256 g/mol. The molecule has 0 heterocycles. The molecular formula is C15H22N2O3. The number of anilines is 1. The lowest BCUT2D eigenvalue weighted by Gasteiger charge is -2.11. The second-order valence-electron chi connectivity index (χ2n) is 4.34. The van der Waals surface area contributed by atoms with Crippen molar-refractivity contribution >= 4 is 17.5 Å². The number of amides is 2. The maximum Gasteiger partial charge on any atom is 0.253 e. The first-order chi connectivity index (χ1) is 9.69. The molecule has 5 heteroatoms. The van der Waals surface area contributed by atoms with Gasteiger partial charge in [0.1, 0.15) is 6.61 Å². The van der Waals surface area contributed by atoms with Crippen LogP contribution in [0.25, 0.3) is 0 Å². The highest BCUT2D eigenvalue weighted by Gasteiger charge is 2.12. The van der Waals surface area contributed by atoms with Gasteiger partial charge < -0.3 is 15.4 Å². The van der Waals surface area contributed by atoms with Gasteiger partial charge in [-0.05, 0) is 25.5 Å². The zero-order valence-corrected chi connectivity index (χ0v) is 12.1. The molecule has 0 bridgehead atoms. The molecule has 0 fully saturated rings. The molecule has 0 aliphatic heterocycles. The summed E-state index contributed by atoms with van der Waals surface area (Å²) in [6.45, 7) is 4.99. The molecule has 5 nitrogen and oxygen atoms in total. The first-order valence-corrected chi connectivity index (χ1v) is 6.93. The fourth-order valence-corrected chi connectivity index (χ4v) is 1.65. The average molecular weight is 278 g/mol. The van der Waals surface area contributed by atoms with E-state index in [0.29, 0.717) is 24.4 Å². The smallest absolute Gasteiger partial charge is 0.253 e. The Kier molecular flexibility index (Phi) is 7.35. The first-order valence-electron chi connectivity index (χ1n) is 6.93. The summed E-state index contributed by atoms with van der Waals surface area (Å²) in [5, 5.41) is 5.53. The molecule has 0 aliphatic carbocycles. The SMILES string of the molecule is CCCCNC(=O)c1ccccc1NC(=O)COCC. The summed E-state index contributed by atoms with van der Waals surface area (Å²) in [6.07, 6.45) is 1.96. The molecule has 0 spiro atoms. The molecule has 1 aromatic rings. The lowest BCUT2D eigenvalue weighted by atomic mass is 10.1. The van der Waals surface area contributed by atoms with Crippen molar-refractivity contribution in [2.75, 3.05) is 25.1 Å². The third-order valence-electron chi connectivity index (χ3n) is 2.70. The summed E-state index contributed by atoms with van der Waals surface area (Å²) in [5.41, 5.74) is 0.972. The third-order valence-corrected chi connectivity index (χ3v) is 2.70. The van der Waals surface area contributed by atoms with Crippen LogP contribution in [0.15, 0.2) is 24.3 Å². The van der Waals surface area contributed by atoms with Gasteiger partial charge in [-0.15, -0.1) is 0 Å². The van der Waals surface area contributed by atoms with Gasteiger partial charge in [0, 0.05) is 13.2 Å². The fraction of sp³-hybridized carbons (Fsp3) is 0.467. The summed E-state index contributed by atoms with van der Waals surface area (Å²) in [6, 6.07) is 6.95. The van der Waals surface area contributed by atoms with Crippen LogP contribution in [0.3, 0.4) is 0 Å². The number of hydrogen-bond acceptors (Lipinski definition) is 3. The van der Waals surface area contributed by atoms with Crippen molar-refractivity contribution < 1.29 is 14.3 Å². The van der Waals surface area contributed by atoms with Crippen LogP contribution in [0.4, 0.5) is 5.69 Å². The molecule has 0 saturated carbocycles. The topological polar surface area (TPSA) is 67.4 Å². The highest BCUT2D eigenvalue weighted by molar-refractivity contribution is 6.03. The standard InChI is InChI=1S/C15H22N2O3/c1-3-5-10-16-15(19)12-8-6-7-9-13(12)17-14(18)11-20-4-2/h6-9H,3-5,10-11H2,1-2H3,(H,16,19)(H,17,18). The van der Waals surface area contributed by atoms with E-state index in [1.54, 1.807) is 24.3 Å². The van der Waals surface area contributed by atoms with Crippen LogP contribution in [0, 0.1) is 0 Å². The van der Waals surface area contributed by atoms with Crippen molar-refractivity contribution in [3.63, 3.8) is 0 Å². The normalized spacial score (nSPS) is 10.1. The Labute approximate surface area is 119 Å². The van der Waals surface area contributed by atoms with Gasteiger partial charge in [-0.2, -0.15) is 0 Å². The van der Waals surface area contributed by atoms with Crippen LogP contribution >= 0.6 is 0 Å². The number of unbranched alkanes of at least 4 members (excludes halogenated alkanes) is 1. The highest BCUT2D eigenvalue weighted by atomic mass is 16.5. The quantitative estimate of drug-likeness (QED) is 0.716. The average Bonchev–Trinajstić information content (AvgIpc) is 2.46.